The molecule has 1 rings (SSSR count). The van der Waals surface area contributed by atoms with E-state index in [2.05, 4.69) is 43.4 Å². The van der Waals surface area contributed by atoms with Crippen molar-refractivity contribution in [3.63, 3.8) is 0 Å². The highest BCUT2D eigenvalue weighted by molar-refractivity contribution is 5.67. The molecule has 5 nitrogen and oxygen atoms in total. The van der Waals surface area contributed by atoms with Crippen LogP contribution in [0.4, 0.5) is 4.79 Å². The first-order chi connectivity index (χ1) is 9.58. The Hall–Kier alpha value is -0.810. The van der Waals surface area contributed by atoms with Gasteiger partial charge in [-0.25, -0.2) is 4.79 Å². The van der Waals surface area contributed by atoms with Crippen molar-refractivity contribution >= 4 is 6.09 Å². The molecular weight excluding hydrogens is 266 g/mol. The number of hydrogen-bond acceptors (Lipinski definition) is 4. The van der Waals surface area contributed by atoms with Crippen molar-refractivity contribution in [3.05, 3.63) is 0 Å². The van der Waals surface area contributed by atoms with Gasteiger partial charge in [-0.15, -0.1) is 0 Å². The molecule has 1 aliphatic heterocycles. The smallest absolute Gasteiger partial charge is 0.407 e. The van der Waals surface area contributed by atoms with Gasteiger partial charge in [0.05, 0.1) is 0 Å². The fourth-order valence-electron chi connectivity index (χ4n) is 2.61. The first-order valence-electron chi connectivity index (χ1n) is 8.01. The summed E-state index contributed by atoms with van der Waals surface area (Å²) in [5, 5.41) is 6.56. The van der Waals surface area contributed by atoms with Crippen molar-refractivity contribution in [1.29, 1.82) is 0 Å². The van der Waals surface area contributed by atoms with E-state index in [4.69, 9.17) is 4.74 Å². The van der Waals surface area contributed by atoms with Crippen molar-refractivity contribution in [3.8, 4) is 0 Å². The van der Waals surface area contributed by atoms with Gasteiger partial charge in [0, 0.05) is 31.2 Å². The molecule has 2 N–H and O–H groups in total. The van der Waals surface area contributed by atoms with Crippen molar-refractivity contribution in [1.82, 2.24) is 15.5 Å². The summed E-state index contributed by atoms with van der Waals surface area (Å²) in [6.07, 6.45) is 0.818. The quantitative estimate of drug-likeness (QED) is 0.817. The molecule has 0 radical (unpaired) electrons. The summed E-state index contributed by atoms with van der Waals surface area (Å²) in [7, 11) is 2.16. The fraction of sp³-hybridized carbons (Fsp3) is 0.938. The highest BCUT2D eigenvalue weighted by atomic mass is 16.6. The molecule has 0 aromatic heterocycles. The molecule has 0 aromatic rings. The Morgan fingerprint density at radius 1 is 1.38 bits per heavy atom. The second-order valence-electron chi connectivity index (χ2n) is 7.62. The van der Waals surface area contributed by atoms with Crippen molar-refractivity contribution < 1.29 is 9.53 Å². The molecule has 0 aromatic carbocycles. The minimum atomic E-state index is -0.450. The lowest BCUT2D eigenvalue weighted by atomic mass is 10.0. The number of carbonyl (C=O) groups is 1. The SMILES string of the molecule is CC(C)C(CNC(=O)OC(C)(C)C)NC1CC(C)N(C)C1. The molecule has 21 heavy (non-hydrogen) atoms. The topological polar surface area (TPSA) is 53.6 Å². The maximum Gasteiger partial charge on any atom is 0.407 e. The normalized spacial score (nSPS) is 25.1. The van der Waals surface area contributed by atoms with E-state index in [0.717, 1.165) is 13.0 Å². The van der Waals surface area contributed by atoms with Crippen LogP contribution in [0.5, 0.6) is 0 Å². The number of rotatable bonds is 5. The molecule has 1 heterocycles. The van der Waals surface area contributed by atoms with Gasteiger partial charge in [0.1, 0.15) is 5.60 Å². The van der Waals surface area contributed by atoms with E-state index in [0.29, 0.717) is 24.5 Å². The van der Waals surface area contributed by atoms with Crippen molar-refractivity contribution in [2.45, 2.75) is 71.7 Å². The van der Waals surface area contributed by atoms with E-state index in [1.54, 1.807) is 0 Å². The molecule has 0 aliphatic carbocycles. The van der Waals surface area contributed by atoms with Gasteiger partial charge in [0.25, 0.3) is 0 Å². The third-order valence-corrected chi connectivity index (χ3v) is 4.01. The molecular formula is C16H33N3O2. The molecule has 1 fully saturated rings. The maximum atomic E-state index is 11.8. The Bertz CT molecular complexity index is 329. The zero-order valence-electron chi connectivity index (χ0n) is 14.7. The summed E-state index contributed by atoms with van der Waals surface area (Å²) in [6.45, 7) is 13.9. The van der Waals surface area contributed by atoms with Crippen LogP contribution in [0.2, 0.25) is 0 Å². The summed E-state index contributed by atoms with van der Waals surface area (Å²) in [6, 6.07) is 1.38. The third-order valence-electron chi connectivity index (χ3n) is 4.01. The Kier molecular flexibility index (Phi) is 6.47. The Balaban J connectivity index is 2.42. The number of nitrogens with zero attached hydrogens (tertiary/aromatic N) is 1. The average Bonchev–Trinajstić information content (AvgIpc) is 2.61. The lowest BCUT2D eigenvalue weighted by Gasteiger charge is -2.27. The van der Waals surface area contributed by atoms with E-state index >= 15 is 0 Å². The zero-order valence-corrected chi connectivity index (χ0v) is 14.7. The molecule has 1 amide bonds. The maximum absolute atomic E-state index is 11.8. The van der Waals surface area contributed by atoms with Crippen LogP contribution in [0.1, 0.15) is 48.0 Å². The molecule has 3 unspecified atom stereocenters. The second kappa shape index (κ2) is 7.45. The average molecular weight is 299 g/mol. The number of nitrogens with one attached hydrogen (secondary N) is 2. The molecule has 0 saturated carbocycles. The van der Waals surface area contributed by atoms with Gasteiger partial charge in [-0.3, -0.25) is 0 Å². The van der Waals surface area contributed by atoms with Crippen LogP contribution in [0, 0.1) is 5.92 Å². The van der Waals surface area contributed by atoms with Crippen LogP contribution >= 0.6 is 0 Å². The van der Waals surface area contributed by atoms with Crippen LogP contribution in [0.3, 0.4) is 0 Å². The number of hydrogen-bond donors (Lipinski definition) is 2. The van der Waals surface area contributed by atoms with Gasteiger partial charge in [-0.05, 0) is 47.1 Å². The molecule has 3 atom stereocenters. The number of amides is 1. The number of likely N-dealkylation sites (tertiary alicyclic amines) is 1. The van der Waals surface area contributed by atoms with Crippen molar-refractivity contribution in [2.75, 3.05) is 20.1 Å². The van der Waals surface area contributed by atoms with Crippen LogP contribution in [0.25, 0.3) is 0 Å². The van der Waals surface area contributed by atoms with Crippen molar-refractivity contribution in [2.24, 2.45) is 5.92 Å². The van der Waals surface area contributed by atoms with E-state index < -0.39 is 5.60 Å². The standard InChI is InChI=1S/C16H33N3O2/c1-11(2)14(9-17-15(20)21-16(4,5)6)18-13-8-12(3)19(7)10-13/h11-14,18H,8-10H2,1-7H3,(H,17,20). The van der Waals surface area contributed by atoms with Crippen LogP contribution in [-0.4, -0.2) is 54.9 Å². The summed E-state index contributed by atoms with van der Waals surface area (Å²) < 4.78 is 5.29. The van der Waals surface area contributed by atoms with E-state index in [1.165, 1.54) is 0 Å². The zero-order chi connectivity index (χ0) is 16.2. The molecule has 5 heteroatoms. The monoisotopic (exact) mass is 299 g/mol. The molecule has 1 saturated heterocycles. The van der Waals surface area contributed by atoms with Crippen LogP contribution in [-0.2, 0) is 4.74 Å². The highest BCUT2D eigenvalue weighted by Gasteiger charge is 2.29. The van der Waals surface area contributed by atoms with E-state index in [9.17, 15) is 4.79 Å². The fourth-order valence-corrected chi connectivity index (χ4v) is 2.61. The number of alkyl carbamates (subject to hydrolysis) is 1. The molecule has 124 valence electrons. The van der Waals surface area contributed by atoms with Crippen LogP contribution in [0.15, 0.2) is 0 Å². The molecule has 1 aliphatic rings. The number of likely N-dealkylation sites (N-methyl/N-ethyl adjacent to an activating group) is 1. The Morgan fingerprint density at radius 3 is 2.43 bits per heavy atom. The van der Waals surface area contributed by atoms with Gasteiger partial charge >= 0.3 is 6.09 Å². The summed E-state index contributed by atoms with van der Waals surface area (Å²) in [5.74, 6) is 0.459. The lowest BCUT2D eigenvalue weighted by molar-refractivity contribution is 0.0518. The largest absolute Gasteiger partial charge is 0.444 e. The van der Waals surface area contributed by atoms with Gasteiger partial charge in [-0.1, -0.05) is 13.8 Å². The van der Waals surface area contributed by atoms with Crippen LogP contribution < -0.4 is 10.6 Å². The van der Waals surface area contributed by atoms with E-state index in [1.807, 2.05) is 20.8 Å². The number of carbonyl (C=O) groups excluding carboxylic acids is 1. The van der Waals surface area contributed by atoms with Gasteiger partial charge < -0.3 is 20.3 Å². The molecule has 0 spiro atoms. The van der Waals surface area contributed by atoms with Gasteiger partial charge in [0.2, 0.25) is 0 Å². The predicted octanol–water partition coefficient (Wildman–Crippen LogP) is 2.22. The molecule has 0 bridgehead atoms. The summed E-state index contributed by atoms with van der Waals surface area (Å²) in [5.41, 5.74) is -0.450. The summed E-state index contributed by atoms with van der Waals surface area (Å²) >= 11 is 0. The summed E-state index contributed by atoms with van der Waals surface area (Å²) in [4.78, 5) is 14.1. The Morgan fingerprint density at radius 2 is 2.00 bits per heavy atom. The first kappa shape index (κ1) is 18.2. The minimum Gasteiger partial charge on any atom is -0.444 e. The lowest BCUT2D eigenvalue weighted by Crippen LogP contribution is -2.49. The highest BCUT2D eigenvalue weighted by Crippen LogP contribution is 2.16. The minimum absolute atomic E-state index is 0.265. The van der Waals surface area contributed by atoms with Gasteiger partial charge in [0.15, 0.2) is 0 Å². The third kappa shape index (κ3) is 6.66. The second-order valence-corrected chi connectivity index (χ2v) is 7.62. The Labute approximate surface area is 129 Å². The van der Waals surface area contributed by atoms with E-state index in [-0.39, 0.29) is 12.1 Å². The first-order valence-corrected chi connectivity index (χ1v) is 8.01. The predicted molar refractivity (Wildman–Crippen MR) is 86.5 cm³/mol. The number of ether oxygens (including phenoxy) is 1. The van der Waals surface area contributed by atoms with Gasteiger partial charge in [-0.2, -0.15) is 0 Å².